The second kappa shape index (κ2) is 8.08. The molecule has 2 aliphatic carbocycles. The van der Waals surface area contributed by atoms with Crippen LogP contribution in [0.15, 0.2) is 59.4 Å². The van der Waals surface area contributed by atoms with Crippen LogP contribution in [-0.2, 0) is 13.1 Å². The van der Waals surface area contributed by atoms with E-state index in [1.165, 1.54) is 19.3 Å². The molecule has 2 aromatic carbocycles. The van der Waals surface area contributed by atoms with E-state index in [9.17, 15) is 14.7 Å². The average Bonchev–Trinajstić information content (AvgIpc) is 3.48. The molecule has 1 aliphatic heterocycles. The zero-order valence-electron chi connectivity index (χ0n) is 19.2. The number of nitrogens with one attached hydrogen (secondary N) is 1. The maximum Gasteiger partial charge on any atom is 0.331 e. The molecule has 7 nitrogen and oxygen atoms in total. The first kappa shape index (κ1) is 21.1. The summed E-state index contributed by atoms with van der Waals surface area (Å²) in [6.07, 6.45) is 6.93. The number of fused-ring (bicyclic) bond motifs is 1. The average molecular weight is 459 g/mol. The van der Waals surface area contributed by atoms with E-state index < -0.39 is 0 Å². The summed E-state index contributed by atoms with van der Waals surface area (Å²) in [7, 11) is 0. The van der Waals surface area contributed by atoms with Crippen molar-refractivity contribution in [3.63, 3.8) is 0 Å². The van der Waals surface area contributed by atoms with Crippen LogP contribution in [0.4, 0.5) is 10.5 Å². The summed E-state index contributed by atoms with van der Waals surface area (Å²) in [5.41, 5.74) is 3.32. The lowest BCUT2D eigenvalue weighted by molar-refractivity contribution is 0.195. The highest BCUT2D eigenvalue weighted by molar-refractivity contribution is 5.94. The molecule has 2 N–H and O–H groups in total. The number of imidazole rings is 1. The van der Waals surface area contributed by atoms with Crippen LogP contribution in [-0.4, -0.2) is 31.7 Å². The number of carbonyl (C=O) groups excluding carboxylic acids is 1. The third kappa shape index (κ3) is 3.42. The highest BCUT2D eigenvalue weighted by Gasteiger charge is 2.56. The van der Waals surface area contributed by atoms with Crippen molar-refractivity contribution in [1.82, 2.24) is 14.0 Å². The van der Waals surface area contributed by atoms with Crippen LogP contribution < -0.4 is 11.0 Å². The summed E-state index contributed by atoms with van der Waals surface area (Å²) < 4.78 is 3.28. The van der Waals surface area contributed by atoms with Crippen molar-refractivity contribution in [1.29, 1.82) is 0 Å². The molecule has 0 saturated heterocycles. The number of benzene rings is 2. The predicted octanol–water partition coefficient (Wildman–Crippen LogP) is 4.97. The second-order valence-electron chi connectivity index (χ2n) is 9.98. The minimum atomic E-state index is -0.232. The number of aromatic nitrogens is 2. The third-order valence-electron chi connectivity index (χ3n) is 8.03. The van der Waals surface area contributed by atoms with E-state index in [1.807, 2.05) is 54.6 Å². The first-order valence-electron chi connectivity index (χ1n) is 12.3. The number of rotatable bonds is 3. The normalized spacial score (nSPS) is 20.7. The molecule has 6 rings (SSSR count). The van der Waals surface area contributed by atoms with Crippen LogP contribution in [0.3, 0.4) is 0 Å². The van der Waals surface area contributed by atoms with Gasteiger partial charge in [-0.05, 0) is 36.3 Å². The maximum atomic E-state index is 13.2. The quantitative estimate of drug-likeness (QED) is 0.582. The SMILES string of the molecule is O=C(Nc1ccccc1-c1ccccc1)N1CCn2c(c(O)n(C3CC34CCCCC4)c2=O)C1. The zero-order chi connectivity index (χ0) is 23.3. The molecule has 1 unspecified atom stereocenters. The number of anilines is 1. The molecule has 1 atom stereocenters. The van der Waals surface area contributed by atoms with E-state index in [0.717, 1.165) is 36.1 Å². The number of amides is 2. The van der Waals surface area contributed by atoms with Gasteiger partial charge in [-0.15, -0.1) is 0 Å². The summed E-state index contributed by atoms with van der Waals surface area (Å²) in [6, 6.07) is 17.5. The van der Waals surface area contributed by atoms with Gasteiger partial charge in [0.1, 0.15) is 5.69 Å². The summed E-state index contributed by atoms with van der Waals surface area (Å²) in [5, 5.41) is 14.1. The summed E-state index contributed by atoms with van der Waals surface area (Å²) in [5.74, 6) is 0.0413. The van der Waals surface area contributed by atoms with Crippen molar-refractivity contribution in [2.24, 2.45) is 5.41 Å². The highest BCUT2D eigenvalue weighted by atomic mass is 16.3. The molecular weight excluding hydrogens is 428 g/mol. The van der Waals surface area contributed by atoms with Crippen LogP contribution in [0.25, 0.3) is 11.1 Å². The number of para-hydroxylation sites is 1. The molecule has 176 valence electrons. The Kier molecular flexibility index (Phi) is 5.01. The zero-order valence-corrected chi connectivity index (χ0v) is 19.2. The van der Waals surface area contributed by atoms with Gasteiger partial charge in [0.15, 0.2) is 0 Å². The highest BCUT2D eigenvalue weighted by Crippen LogP contribution is 2.64. The van der Waals surface area contributed by atoms with Crippen LogP contribution in [0, 0.1) is 5.41 Å². The number of aromatic hydroxyl groups is 1. The van der Waals surface area contributed by atoms with Gasteiger partial charge in [0, 0.05) is 24.7 Å². The lowest BCUT2D eigenvalue weighted by Crippen LogP contribution is -2.42. The van der Waals surface area contributed by atoms with Gasteiger partial charge in [0.25, 0.3) is 0 Å². The Labute approximate surface area is 198 Å². The molecule has 7 heteroatoms. The lowest BCUT2D eigenvalue weighted by atomic mass is 9.86. The number of hydrogen-bond acceptors (Lipinski definition) is 3. The molecule has 3 aliphatic rings. The molecule has 34 heavy (non-hydrogen) atoms. The van der Waals surface area contributed by atoms with E-state index in [2.05, 4.69) is 5.32 Å². The van der Waals surface area contributed by atoms with Gasteiger partial charge in [0.05, 0.1) is 12.2 Å². The smallest absolute Gasteiger partial charge is 0.331 e. The summed E-state index contributed by atoms with van der Waals surface area (Å²) >= 11 is 0. The Morgan fingerprint density at radius 1 is 0.971 bits per heavy atom. The molecule has 1 spiro atoms. The molecule has 2 fully saturated rings. The molecule has 0 radical (unpaired) electrons. The minimum Gasteiger partial charge on any atom is -0.493 e. The topological polar surface area (TPSA) is 79.5 Å². The van der Waals surface area contributed by atoms with Crippen molar-refractivity contribution in [2.75, 3.05) is 11.9 Å². The molecule has 1 aromatic heterocycles. The lowest BCUT2D eigenvalue weighted by Gasteiger charge is -2.28. The minimum absolute atomic E-state index is 0.0413. The van der Waals surface area contributed by atoms with Crippen LogP contribution >= 0.6 is 0 Å². The van der Waals surface area contributed by atoms with Crippen LogP contribution in [0.5, 0.6) is 5.88 Å². The Morgan fingerprint density at radius 3 is 2.50 bits per heavy atom. The van der Waals surface area contributed by atoms with Gasteiger partial charge >= 0.3 is 11.7 Å². The van der Waals surface area contributed by atoms with E-state index in [-0.39, 0.29) is 35.6 Å². The molecule has 2 amide bonds. The molecule has 0 bridgehead atoms. The van der Waals surface area contributed by atoms with Gasteiger partial charge in [-0.1, -0.05) is 67.8 Å². The Morgan fingerprint density at radius 2 is 1.71 bits per heavy atom. The Balaban J connectivity index is 1.22. The number of urea groups is 1. The summed E-state index contributed by atoms with van der Waals surface area (Å²) in [4.78, 5) is 28.0. The van der Waals surface area contributed by atoms with Crippen LogP contribution in [0.1, 0.15) is 50.3 Å². The fourth-order valence-corrected chi connectivity index (χ4v) is 6.06. The van der Waals surface area contributed by atoms with E-state index in [4.69, 9.17) is 0 Å². The molecule has 3 aromatic rings. The largest absolute Gasteiger partial charge is 0.493 e. The van der Waals surface area contributed by atoms with E-state index in [0.29, 0.717) is 18.8 Å². The maximum absolute atomic E-state index is 13.2. The third-order valence-corrected chi connectivity index (χ3v) is 8.03. The second-order valence-corrected chi connectivity index (χ2v) is 9.98. The standard InChI is InChI=1S/C27H30N4O3/c32-24-22-18-29(25(33)28-21-12-6-5-11-20(21)19-9-3-1-4-10-19)15-16-30(22)26(34)31(24)23-17-27(23)13-7-2-8-14-27/h1,3-6,9-12,23,32H,2,7-8,13-18H2,(H,28,33). The monoisotopic (exact) mass is 458 g/mol. The fraction of sp³-hybridized carbons (Fsp3) is 0.407. The van der Waals surface area contributed by atoms with Gasteiger partial charge in [-0.3, -0.25) is 9.13 Å². The molecule has 2 heterocycles. The fourth-order valence-electron chi connectivity index (χ4n) is 6.06. The Bertz CT molecular complexity index is 1290. The van der Waals surface area contributed by atoms with Crippen molar-refractivity contribution in [3.8, 4) is 17.0 Å². The number of hydrogen-bond donors (Lipinski definition) is 2. The number of carbonyl (C=O) groups is 1. The van der Waals surface area contributed by atoms with Crippen molar-refractivity contribution >= 4 is 11.7 Å². The van der Waals surface area contributed by atoms with Crippen LogP contribution in [0.2, 0.25) is 0 Å². The van der Waals surface area contributed by atoms with Crippen molar-refractivity contribution < 1.29 is 9.90 Å². The van der Waals surface area contributed by atoms with E-state index in [1.54, 1.807) is 14.0 Å². The molecular formula is C27H30N4O3. The number of nitrogens with zero attached hydrogens (tertiary/aromatic N) is 3. The Hall–Kier alpha value is -3.48. The molecule has 2 saturated carbocycles. The van der Waals surface area contributed by atoms with Gasteiger partial charge in [0.2, 0.25) is 5.88 Å². The first-order valence-corrected chi connectivity index (χ1v) is 12.3. The predicted molar refractivity (Wildman–Crippen MR) is 131 cm³/mol. The van der Waals surface area contributed by atoms with Gasteiger partial charge in [-0.2, -0.15) is 0 Å². The first-order chi connectivity index (χ1) is 16.6. The van der Waals surface area contributed by atoms with Crippen molar-refractivity contribution in [3.05, 3.63) is 70.8 Å². The summed E-state index contributed by atoms with van der Waals surface area (Å²) in [6.45, 7) is 1.03. The van der Waals surface area contributed by atoms with Gasteiger partial charge in [-0.25, -0.2) is 9.59 Å². The van der Waals surface area contributed by atoms with E-state index >= 15 is 0 Å². The van der Waals surface area contributed by atoms with Crippen molar-refractivity contribution in [2.45, 2.75) is 57.7 Å². The van der Waals surface area contributed by atoms with Gasteiger partial charge < -0.3 is 15.3 Å².